The Kier molecular flexibility index (Phi) is 4.97. The van der Waals surface area contributed by atoms with Crippen LogP contribution in [0, 0.1) is 0 Å². The fourth-order valence-electron chi connectivity index (χ4n) is 1.56. The maximum Gasteiger partial charge on any atom is 0.336 e. The van der Waals surface area contributed by atoms with Gasteiger partial charge in [0.1, 0.15) is 11.1 Å². The highest BCUT2D eigenvalue weighted by Crippen LogP contribution is 2.22. The van der Waals surface area contributed by atoms with E-state index in [0.717, 1.165) is 0 Å². The van der Waals surface area contributed by atoms with Crippen LogP contribution in [0.3, 0.4) is 0 Å². The molecule has 1 atom stereocenters. The molecule has 1 N–H and O–H groups in total. The molecule has 0 bridgehead atoms. The number of Topliss-reactive ketones (excluding diaryl/α,β-unsaturated/α-hetero) is 1. The maximum absolute atomic E-state index is 11.8. The summed E-state index contributed by atoms with van der Waals surface area (Å²) < 4.78 is 4.87. The van der Waals surface area contributed by atoms with E-state index in [-0.39, 0.29) is 11.4 Å². The molecule has 2 aromatic rings. The van der Waals surface area contributed by atoms with Crippen molar-refractivity contribution in [2.24, 2.45) is 0 Å². The molecule has 0 aliphatic rings. The van der Waals surface area contributed by atoms with Gasteiger partial charge in [-0.05, 0) is 0 Å². The Morgan fingerprint density at radius 3 is 2.67 bits per heavy atom. The lowest BCUT2D eigenvalue weighted by molar-refractivity contribution is -0.139. The van der Waals surface area contributed by atoms with Crippen LogP contribution in [0.25, 0.3) is 0 Å². The number of aliphatic hydroxyl groups excluding tert-OH is 1. The van der Waals surface area contributed by atoms with E-state index in [2.05, 4.69) is 11.6 Å². The van der Waals surface area contributed by atoms with Gasteiger partial charge in [0.15, 0.2) is 12.4 Å². The van der Waals surface area contributed by atoms with E-state index in [4.69, 9.17) is 4.74 Å². The molecule has 5 nitrogen and oxygen atoms in total. The molecular weight excluding hydrogens is 290 g/mol. The van der Waals surface area contributed by atoms with Gasteiger partial charge in [-0.25, -0.2) is 9.78 Å². The first-order valence-electron chi connectivity index (χ1n) is 6.11. The number of rotatable bonds is 6. The molecule has 6 heteroatoms. The van der Waals surface area contributed by atoms with Gasteiger partial charge in [0, 0.05) is 17.1 Å². The van der Waals surface area contributed by atoms with E-state index < -0.39 is 18.7 Å². The second kappa shape index (κ2) is 6.92. The summed E-state index contributed by atoms with van der Waals surface area (Å²) in [7, 11) is 0. The molecule has 0 saturated carbocycles. The minimum atomic E-state index is -1.22. The predicted molar refractivity (Wildman–Crippen MR) is 77.9 cm³/mol. The second-order valence-electron chi connectivity index (χ2n) is 4.16. The van der Waals surface area contributed by atoms with Crippen molar-refractivity contribution < 1.29 is 19.4 Å². The van der Waals surface area contributed by atoms with Crippen LogP contribution in [-0.2, 0) is 9.53 Å². The summed E-state index contributed by atoms with van der Waals surface area (Å²) in [5, 5.41) is 11.9. The van der Waals surface area contributed by atoms with E-state index in [1.165, 1.54) is 17.5 Å². The third kappa shape index (κ3) is 3.84. The zero-order valence-corrected chi connectivity index (χ0v) is 11.9. The molecule has 0 saturated heterocycles. The minimum Gasteiger partial charge on any atom is -0.454 e. The molecule has 2 rings (SSSR count). The number of carbonyl (C=O) groups is 2. The zero-order chi connectivity index (χ0) is 15.2. The summed E-state index contributed by atoms with van der Waals surface area (Å²) in [6.07, 6.45) is 0.296. The maximum atomic E-state index is 11.8. The monoisotopic (exact) mass is 303 g/mol. The van der Waals surface area contributed by atoms with Crippen LogP contribution in [0.5, 0.6) is 0 Å². The lowest BCUT2D eigenvalue weighted by Gasteiger charge is -2.10. The number of ketones is 1. The number of benzene rings is 1. The molecular formula is C15H13NO4S. The SMILES string of the molecule is C=C(C(=O)OCC(=O)c1ccccc1)C(O)c1nccs1. The van der Waals surface area contributed by atoms with Crippen molar-refractivity contribution in [3.05, 3.63) is 64.6 Å². The number of hydrogen-bond acceptors (Lipinski definition) is 6. The van der Waals surface area contributed by atoms with Crippen molar-refractivity contribution >= 4 is 23.1 Å². The Bertz CT molecular complexity index is 637. The third-order valence-electron chi connectivity index (χ3n) is 2.71. The summed E-state index contributed by atoms with van der Waals surface area (Å²) in [5.74, 6) is -1.14. The van der Waals surface area contributed by atoms with E-state index in [1.807, 2.05) is 0 Å². The summed E-state index contributed by atoms with van der Waals surface area (Å²) in [6.45, 7) is 3.10. The average Bonchev–Trinajstić information content (AvgIpc) is 3.06. The average molecular weight is 303 g/mol. The van der Waals surface area contributed by atoms with Gasteiger partial charge in [-0.3, -0.25) is 4.79 Å². The molecule has 1 unspecified atom stereocenters. The molecule has 0 fully saturated rings. The van der Waals surface area contributed by atoms with Crippen molar-refractivity contribution in [2.75, 3.05) is 6.61 Å². The van der Waals surface area contributed by atoms with Crippen molar-refractivity contribution in [3.8, 4) is 0 Å². The van der Waals surface area contributed by atoms with Gasteiger partial charge in [0.25, 0.3) is 0 Å². The Hall–Kier alpha value is -2.31. The summed E-state index contributed by atoms with van der Waals surface area (Å²) in [6, 6.07) is 8.50. The van der Waals surface area contributed by atoms with Crippen molar-refractivity contribution in [2.45, 2.75) is 6.10 Å². The van der Waals surface area contributed by atoms with Crippen molar-refractivity contribution in [1.82, 2.24) is 4.98 Å². The largest absolute Gasteiger partial charge is 0.454 e. The van der Waals surface area contributed by atoms with Crippen LogP contribution in [0.1, 0.15) is 21.5 Å². The van der Waals surface area contributed by atoms with Gasteiger partial charge in [-0.15, -0.1) is 11.3 Å². The van der Waals surface area contributed by atoms with Crippen LogP contribution in [0.2, 0.25) is 0 Å². The van der Waals surface area contributed by atoms with E-state index in [1.54, 1.807) is 35.7 Å². The molecule has 1 aromatic carbocycles. The lowest BCUT2D eigenvalue weighted by atomic mass is 10.1. The highest BCUT2D eigenvalue weighted by atomic mass is 32.1. The number of esters is 1. The van der Waals surface area contributed by atoms with Crippen molar-refractivity contribution in [3.63, 3.8) is 0 Å². The number of hydrogen-bond donors (Lipinski definition) is 1. The third-order valence-corrected chi connectivity index (χ3v) is 3.54. The quantitative estimate of drug-likeness (QED) is 0.503. The highest BCUT2D eigenvalue weighted by Gasteiger charge is 2.22. The Morgan fingerprint density at radius 1 is 1.33 bits per heavy atom. The van der Waals surface area contributed by atoms with Crippen LogP contribution in [-0.4, -0.2) is 28.4 Å². The van der Waals surface area contributed by atoms with Gasteiger partial charge >= 0.3 is 5.97 Å². The number of ether oxygens (including phenoxy) is 1. The summed E-state index contributed by atoms with van der Waals surface area (Å²) in [5.41, 5.74) is 0.308. The smallest absolute Gasteiger partial charge is 0.336 e. The number of thiazole rings is 1. The molecule has 0 amide bonds. The van der Waals surface area contributed by atoms with Gasteiger partial charge in [-0.2, -0.15) is 0 Å². The lowest BCUT2D eigenvalue weighted by Crippen LogP contribution is -2.18. The zero-order valence-electron chi connectivity index (χ0n) is 11.1. The van der Waals surface area contributed by atoms with Crippen LogP contribution in [0.4, 0.5) is 0 Å². The second-order valence-corrected chi connectivity index (χ2v) is 5.09. The number of carbonyl (C=O) groups excluding carboxylic acids is 2. The first kappa shape index (κ1) is 15.1. The molecule has 1 aromatic heterocycles. The van der Waals surface area contributed by atoms with Gasteiger partial charge < -0.3 is 9.84 Å². The van der Waals surface area contributed by atoms with E-state index in [0.29, 0.717) is 10.6 Å². The van der Waals surface area contributed by atoms with Crippen LogP contribution >= 0.6 is 11.3 Å². The Morgan fingerprint density at radius 2 is 2.05 bits per heavy atom. The summed E-state index contributed by atoms with van der Waals surface area (Å²) >= 11 is 1.20. The van der Waals surface area contributed by atoms with E-state index in [9.17, 15) is 14.7 Å². The number of nitrogens with zero attached hydrogens (tertiary/aromatic N) is 1. The normalized spacial score (nSPS) is 11.7. The fourth-order valence-corrected chi connectivity index (χ4v) is 2.22. The minimum absolute atomic E-state index is 0.147. The summed E-state index contributed by atoms with van der Waals surface area (Å²) in [4.78, 5) is 27.4. The van der Waals surface area contributed by atoms with Gasteiger partial charge in [0.05, 0.1) is 5.57 Å². The molecule has 0 aliphatic heterocycles. The molecule has 0 aliphatic carbocycles. The predicted octanol–water partition coefficient (Wildman–Crippen LogP) is 2.16. The first-order chi connectivity index (χ1) is 10.1. The van der Waals surface area contributed by atoms with Gasteiger partial charge in [0.2, 0.25) is 0 Å². The number of aromatic nitrogens is 1. The van der Waals surface area contributed by atoms with Crippen LogP contribution in [0.15, 0.2) is 54.1 Å². The molecule has 21 heavy (non-hydrogen) atoms. The first-order valence-corrected chi connectivity index (χ1v) is 6.99. The Labute approximate surface area is 125 Å². The topological polar surface area (TPSA) is 76.5 Å². The fraction of sp³-hybridized carbons (Fsp3) is 0.133. The molecule has 108 valence electrons. The van der Waals surface area contributed by atoms with Crippen LogP contribution < -0.4 is 0 Å². The van der Waals surface area contributed by atoms with Crippen molar-refractivity contribution in [1.29, 1.82) is 0 Å². The Balaban J connectivity index is 1.90. The van der Waals surface area contributed by atoms with E-state index >= 15 is 0 Å². The molecule has 0 radical (unpaired) electrons. The van der Waals surface area contributed by atoms with Gasteiger partial charge in [-0.1, -0.05) is 36.9 Å². The molecule has 0 spiro atoms. The standard InChI is InChI=1S/C15H13NO4S/c1-10(13(18)14-16-7-8-21-14)15(19)20-9-12(17)11-5-3-2-4-6-11/h2-8,13,18H,1,9H2. The number of aliphatic hydroxyl groups is 1. The molecule has 1 heterocycles. The highest BCUT2D eigenvalue weighted by molar-refractivity contribution is 7.09.